The number of rotatable bonds is 3. The van der Waals surface area contributed by atoms with Crippen molar-refractivity contribution in [3.63, 3.8) is 0 Å². The number of aromatic nitrogens is 4. The largest absolute Gasteiger partial charge is 0.497 e. The summed E-state index contributed by atoms with van der Waals surface area (Å²) in [5.41, 5.74) is 5.16. The second kappa shape index (κ2) is 9.05. The van der Waals surface area contributed by atoms with Gasteiger partial charge in [0.25, 0.3) is 0 Å². The summed E-state index contributed by atoms with van der Waals surface area (Å²) in [6.07, 6.45) is 1.96. The van der Waals surface area contributed by atoms with Crippen LogP contribution in [0.1, 0.15) is 36.6 Å². The molecule has 32 heavy (non-hydrogen) atoms. The van der Waals surface area contributed by atoms with E-state index >= 15 is 0 Å². The molecule has 8 nitrogen and oxygen atoms in total. The molecule has 8 heteroatoms. The Kier molecular flexibility index (Phi) is 6.02. The zero-order valence-electron chi connectivity index (χ0n) is 18.6. The number of aliphatic imine (C=N–C) groups is 1. The minimum atomic E-state index is 0.0394. The topological polar surface area (TPSA) is 97.2 Å². The van der Waals surface area contributed by atoms with Gasteiger partial charge in [0.2, 0.25) is 5.91 Å². The van der Waals surface area contributed by atoms with Crippen molar-refractivity contribution in [3.05, 3.63) is 71.4 Å². The van der Waals surface area contributed by atoms with Gasteiger partial charge in [-0.15, -0.1) is 10.2 Å². The Balaban J connectivity index is 0.000000363. The molecule has 0 bridgehead atoms. The fourth-order valence-corrected chi connectivity index (χ4v) is 3.85. The molecule has 0 radical (unpaired) electrons. The van der Waals surface area contributed by atoms with E-state index in [0.717, 1.165) is 57.4 Å². The minimum absolute atomic E-state index is 0.0394. The molecule has 1 aliphatic heterocycles. The molecule has 0 atom stereocenters. The van der Waals surface area contributed by atoms with E-state index in [-0.39, 0.29) is 5.91 Å². The predicted octanol–water partition coefficient (Wildman–Crippen LogP) is 3.56. The van der Waals surface area contributed by atoms with Crippen molar-refractivity contribution in [2.45, 2.75) is 27.3 Å². The van der Waals surface area contributed by atoms with Gasteiger partial charge >= 0.3 is 0 Å². The summed E-state index contributed by atoms with van der Waals surface area (Å²) in [5.74, 6) is 2.53. The molecule has 0 spiro atoms. The number of fused-ring (bicyclic) bond motifs is 4. The van der Waals surface area contributed by atoms with E-state index in [1.807, 2.05) is 44.3 Å². The third-order valence-electron chi connectivity index (χ3n) is 5.25. The fourth-order valence-electron chi connectivity index (χ4n) is 3.85. The Morgan fingerprint density at radius 3 is 2.75 bits per heavy atom. The molecule has 0 saturated heterocycles. The van der Waals surface area contributed by atoms with Crippen LogP contribution in [0.25, 0.3) is 16.6 Å². The molecule has 0 aliphatic carbocycles. The second-order valence-electron chi connectivity index (χ2n) is 7.38. The molecule has 5 rings (SSSR count). The number of carbonyl (C=O) groups excluding carboxylic acids is 1. The van der Waals surface area contributed by atoms with Gasteiger partial charge in [-0.25, -0.2) is 0 Å². The highest BCUT2D eigenvalue weighted by Crippen LogP contribution is 2.31. The van der Waals surface area contributed by atoms with Gasteiger partial charge < -0.3 is 15.0 Å². The van der Waals surface area contributed by atoms with Crippen molar-refractivity contribution in [2.24, 2.45) is 4.99 Å². The second-order valence-corrected chi connectivity index (χ2v) is 7.38. The summed E-state index contributed by atoms with van der Waals surface area (Å²) < 4.78 is 7.55. The van der Waals surface area contributed by atoms with E-state index in [9.17, 15) is 4.79 Å². The summed E-state index contributed by atoms with van der Waals surface area (Å²) in [4.78, 5) is 18.1. The van der Waals surface area contributed by atoms with E-state index in [4.69, 9.17) is 9.73 Å². The average Bonchev–Trinajstić information content (AvgIpc) is 3.37. The third-order valence-corrected chi connectivity index (χ3v) is 5.25. The molecule has 2 aromatic heterocycles. The van der Waals surface area contributed by atoms with Crippen LogP contribution in [0.2, 0.25) is 0 Å². The molecule has 1 aliphatic rings. The van der Waals surface area contributed by atoms with Gasteiger partial charge in [-0.2, -0.15) is 0 Å². The molecular weight excluding hydrogens is 404 g/mol. The maximum absolute atomic E-state index is 9.93. The Morgan fingerprint density at radius 1 is 1.19 bits per heavy atom. The Hall–Kier alpha value is -3.94. The Labute approximate surface area is 186 Å². The predicted molar refractivity (Wildman–Crippen MR) is 125 cm³/mol. The van der Waals surface area contributed by atoms with Crippen molar-refractivity contribution in [3.8, 4) is 11.4 Å². The minimum Gasteiger partial charge on any atom is -0.497 e. The number of methoxy groups -OCH3 is 1. The number of aromatic amines is 1. The van der Waals surface area contributed by atoms with E-state index in [1.165, 1.54) is 6.92 Å². The Bertz CT molecular complexity index is 1300. The number of amides is 1. The number of ether oxygens (including phenoxy) is 1. The van der Waals surface area contributed by atoms with Crippen molar-refractivity contribution in [1.29, 1.82) is 0 Å². The van der Waals surface area contributed by atoms with E-state index in [2.05, 4.69) is 43.3 Å². The van der Waals surface area contributed by atoms with E-state index in [0.29, 0.717) is 6.54 Å². The summed E-state index contributed by atoms with van der Waals surface area (Å²) in [7, 11) is 1.68. The molecule has 164 valence electrons. The van der Waals surface area contributed by atoms with E-state index < -0.39 is 0 Å². The first-order valence-electron chi connectivity index (χ1n) is 10.5. The molecule has 1 amide bonds. The van der Waals surface area contributed by atoms with Crippen LogP contribution in [0.5, 0.6) is 5.75 Å². The number of aryl methyl sites for hydroxylation is 1. The maximum atomic E-state index is 9.93. The van der Waals surface area contributed by atoms with Crippen molar-refractivity contribution in [1.82, 2.24) is 25.1 Å². The molecular formula is C24H26N6O2. The lowest BCUT2D eigenvalue weighted by atomic mass is 9.97. The first kappa shape index (κ1) is 21.3. The highest BCUT2D eigenvalue weighted by Gasteiger charge is 2.23. The van der Waals surface area contributed by atoms with Crippen LogP contribution in [0.3, 0.4) is 0 Å². The first-order valence-corrected chi connectivity index (χ1v) is 10.5. The number of hydrogen-bond acceptors (Lipinski definition) is 5. The van der Waals surface area contributed by atoms with Gasteiger partial charge in [-0.1, -0.05) is 12.1 Å². The van der Waals surface area contributed by atoms with Crippen LogP contribution in [0, 0.1) is 6.92 Å². The van der Waals surface area contributed by atoms with Crippen LogP contribution < -0.4 is 10.1 Å². The van der Waals surface area contributed by atoms with Gasteiger partial charge in [-0.3, -0.25) is 14.4 Å². The maximum Gasteiger partial charge on any atom is 0.216 e. The van der Waals surface area contributed by atoms with Crippen molar-refractivity contribution in [2.75, 3.05) is 13.7 Å². The standard InChI is InChI=1S/C20H17N5O.C4H9NO/c1-12-23-24-19-11-22-20(15-4-3-5-17-14(15)8-9-21-17)16-10-13(26-2)6-7-18(16)25(12)19;1-3-5-4(2)6/h3-10,21H,11H2,1-2H3;3H2,1-2H3,(H,5,6). The van der Waals surface area contributed by atoms with Gasteiger partial charge in [0.15, 0.2) is 5.82 Å². The van der Waals surface area contributed by atoms with Crippen molar-refractivity contribution >= 4 is 22.5 Å². The zero-order chi connectivity index (χ0) is 22.7. The van der Waals surface area contributed by atoms with E-state index in [1.54, 1.807) is 7.11 Å². The molecule has 2 aromatic carbocycles. The highest BCUT2D eigenvalue weighted by molar-refractivity contribution is 6.21. The van der Waals surface area contributed by atoms with Gasteiger partial charge in [0, 0.05) is 41.7 Å². The van der Waals surface area contributed by atoms with Crippen molar-refractivity contribution < 1.29 is 9.53 Å². The smallest absolute Gasteiger partial charge is 0.216 e. The van der Waals surface area contributed by atoms with Crippen LogP contribution in [-0.2, 0) is 11.3 Å². The monoisotopic (exact) mass is 430 g/mol. The number of nitrogens with zero attached hydrogens (tertiary/aromatic N) is 4. The zero-order valence-corrected chi connectivity index (χ0v) is 18.6. The van der Waals surface area contributed by atoms with Gasteiger partial charge in [0.1, 0.15) is 18.1 Å². The summed E-state index contributed by atoms with van der Waals surface area (Å²) in [6.45, 7) is 6.57. The normalized spacial score (nSPS) is 12.1. The lowest BCUT2D eigenvalue weighted by Crippen LogP contribution is -2.18. The molecule has 3 heterocycles. The number of carbonyl (C=O) groups is 1. The number of H-pyrrole nitrogens is 1. The average molecular weight is 431 g/mol. The molecule has 2 N–H and O–H groups in total. The summed E-state index contributed by atoms with van der Waals surface area (Å²) in [6, 6.07) is 14.4. The number of benzene rings is 2. The summed E-state index contributed by atoms with van der Waals surface area (Å²) in [5, 5.41) is 12.3. The Morgan fingerprint density at radius 2 is 2.03 bits per heavy atom. The lowest BCUT2D eigenvalue weighted by molar-refractivity contribution is -0.118. The van der Waals surface area contributed by atoms with Gasteiger partial charge in [-0.05, 0) is 44.2 Å². The van der Waals surface area contributed by atoms with Gasteiger partial charge in [0.05, 0.1) is 18.5 Å². The molecule has 4 aromatic rings. The highest BCUT2D eigenvalue weighted by atomic mass is 16.5. The number of hydrogen-bond donors (Lipinski definition) is 2. The quantitative estimate of drug-likeness (QED) is 0.519. The number of nitrogens with one attached hydrogen (secondary N) is 2. The molecule has 0 fully saturated rings. The van der Waals surface area contributed by atoms with Crippen LogP contribution in [-0.4, -0.2) is 45.0 Å². The molecule has 0 unspecified atom stereocenters. The molecule has 0 saturated carbocycles. The van der Waals surface area contributed by atoms with Crippen LogP contribution in [0.4, 0.5) is 0 Å². The SMILES string of the molecule is CCNC(C)=O.COc1ccc2c(c1)C(c1cccc3[nH]ccc13)=NCc1nnc(C)n1-2. The first-order chi connectivity index (χ1) is 15.5. The van der Waals surface area contributed by atoms with Crippen LogP contribution in [0.15, 0.2) is 53.7 Å². The fraction of sp³-hybridized carbons (Fsp3) is 0.250. The van der Waals surface area contributed by atoms with Crippen LogP contribution >= 0.6 is 0 Å². The lowest BCUT2D eigenvalue weighted by Gasteiger charge is -2.14. The third kappa shape index (κ3) is 3.99. The summed E-state index contributed by atoms with van der Waals surface area (Å²) >= 11 is 0.